The van der Waals surface area contributed by atoms with E-state index in [1.165, 1.54) is 5.56 Å². The molecule has 0 saturated carbocycles. The molecule has 1 unspecified atom stereocenters. The summed E-state index contributed by atoms with van der Waals surface area (Å²) in [6, 6.07) is 10.3. The summed E-state index contributed by atoms with van der Waals surface area (Å²) in [4.78, 5) is 13.2. The van der Waals surface area contributed by atoms with Gasteiger partial charge in [-0.1, -0.05) is 37.3 Å². The minimum Gasteiger partial charge on any atom is -0.382 e. The van der Waals surface area contributed by atoms with E-state index >= 15 is 0 Å². The fourth-order valence-corrected chi connectivity index (χ4v) is 2.33. The zero-order valence-electron chi connectivity index (χ0n) is 11.6. The second kappa shape index (κ2) is 4.92. The lowest BCUT2D eigenvalue weighted by Gasteiger charge is -2.11. The molecule has 0 aliphatic carbocycles. The van der Waals surface area contributed by atoms with Crippen molar-refractivity contribution < 1.29 is 0 Å². The normalized spacial score (nSPS) is 12.7. The van der Waals surface area contributed by atoms with Crippen LogP contribution in [0, 0.1) is 0 Å². The molecule has 102 valence electrons. The highest BCUT2D eigenvalue weighted by Gasteiger charge is 2.15. The van der Waals surface area contributed by atoms with Crippen LogP contribution in [0.5, 0.6) is 0 Å². The number of nitrogen functional groups attached to an aromatic ring is 1. The van der Waals surface area contributed by atoms with E-state index in [1.807, 2.05) is 29.8 Å². The second-order valence-corrected chi connectivity index (χ2v) is 5.09. The van der Waals surface area contributed by atoms with Crippen molar-refractivity contribution in [3.05, 3.63) is 48.0 Å². The highest BCUT2D eigenvalue weighted by molar-refractivity contribution is 5.81. The van der Waals surface area contributed by atoms with E-state index < -0.39 is 0 Å². The van der Waals surface area contributed by atoms with E-state index in [4.69, 9.17) is 5.73 Å². The van der Waals surface area contributed by atoms with E-state index in [2.05, 4.69) is 34.0 Å². The lowest BCUT2D eigenvalue weighted by atomic mass is 10.0. The topological polar surface area (TPSA) is 69.6 Å². The first kappa shape index (κ1) is 12.6. The van der Waals surface area contributed by atoms with Gasteiger partial charge in [0.15, 0.2) is 11.5 Å². The van der Waals surface area contributed by atoms with Crippen molar-refractivity contribution in [3.8, 4) is 0 Å². The lowest BCUT2D eigenvalue weighted by molar-refractivity contribution is 0.701. The van der Waals surface area contributed by atoms with E-state index in [9.17, 15) is 0 Å². The molecule has 0 bridgehead atoms. The summed E-state index contributed by atoms with van der Waals surface area (Å²) in [5, 5.41) is 0. The van der Waals surface area contributed by atoms with Crippen LogP contribution in [0.15, 0.2) is 36.7 Å². The number of benzene rings is 1. The van der Waals surface area contributed by atoms with Gasteiger partial charge >= 0.3 is 0 Å². The van der Waals surface area contributed by atoms with E-state index in [0.717, 1.165) is 17.9 Å². The quantitative estimate of drug-likeness (QED) is 0.790. The number of nitrogens with two attached hydrogens (primary N) is 1. The molecule has 2 N–H and O–H groups in total. The number of anilines is 1. The van der Waals surface area contributed by atoms with Crippen molar-refractivity contribution in [1.29, 1.82) is 0 Å². The molecule has 0 aliphatic rings. The van der Waals surface area contributed by atoms with Gasteiger partial charge in [0.25, 0.3) is 0 Å². The summed E-state index contributed by atoms with van der Waals surface area (Å²) in [5.41, 5.74) is 8.70. The Labute approximate surface area is 117 Å². The second-order valence-electron chi connectivity index (χ2n) is 5.09. The zero-order chi connectivity index (χ0) is 14.1. The summed E-state index contributed by atoms with van der Waals surface area (Å²) in [5.74, 6) is 1.42. The molecule has 2 aromatic heterocycles. The van der Waals surface area contributed by atoms with E-state index in [1.54, 1.807) is 6.33 Å². The molecular weight excluding hydrogens is 250 g/mol. The molecule has 0 spiro atoms. The van der Waals surface area contributed by atoms with Gasteiger partial charge in [0, 0.05) is 13.0 Å². The largest absolute Gasteiger partial charge is 0.382 e. The predicted molar refractivity (Wildman–Crippen MR) is 79.3 cm³/mol. The molecule has 3 rings (SSSR count). The average molecular weight is 267 g/mol. The Bertz CT molecular complexity index is 733. The van der Waals surface area contributed by atoms with Crippen LogP contribution in [0.2, 0.25) is 0 Å². The van der Waals surface area contributed by atoms with Gasteiger partial charge in [0.2, 0.25) is 0 Å². The SMILES string of the molecule is CC(Cc1ccccc1)c1nc(N)c2ncn(C)c2n1. The van der Waals surface area contributed by atoms with Gasteiger partial charge in [-0.25, -0.2) is 15.0 Å². The predicted octanol–water partition coefficient (Wildman–Crippen LogP) is 2.29. The molecule has 3 aromatic rings. The Hall–Kier alpha value is -2.43. The molecular formula is C15H17N5. The van der Waals surface area contributed by atoms with Crippen molar-refractivity contribution in [2.75, 3.05) is 5.73 Å². The maximum Gasteiger partial charge on any atom is 0.165 e. The van der Waals surface area contributed by atoms with Gasteiger partial charge in [-0.2, -0.15) is 0 Å². The minimum atomic E-state index is 0.207. The fourth-order valence-electron chi connectivity index (χ4n) is 2.33. The first-order valence-corrected chi connectivity index (χ1v) is 6.63. The van der Waals surface area contributed by atoms with Gasteiger partial charge in [0.1, 0.15) is 11.3 Å². The maximum atomic E-state index is 5.97. The Kier molecular flexibility index (Phi) is 3.10. The molecule has 0 aliphatic heterocycles. The van der Waals surface area contributed by atoms with Gasteiger partial charge in [-0.05, 0) is 12.0 Å². The van der Waals surface area contributed by atoms with E-state index in [0.29, 0.717) is 11.3 Å². The highest BCUT2D eigenvalue weighted by Crippen LogP contribution is 2.22. The highest BCUT2D eigenvalue weighted by atomic mass is 15.1. The Morgan fingerprint density at radius 2 is 1.95 bits per heavy atom. The summed E-state index contributed by atoms with van der Waals surface area (Å²) >= 11 is 0. The van der Waals surface area contributed by atoms with Crippen molar-refractivity contribution in [2.45, 2.75) is 19.3 Å². The van der Waals surface area contributed by atoms with Gasteiger partial charge in [-0.15, -0.1) is 0 Å². The molecule has 5 nitrogen and oxygen atoms in total. The Balaban J connectivity index is 1.95. The summed E-state index contributed by atoms with van der Waals surface area (Å²) in [7, 11) is 1.91. The molecule has 0 amide bonds. The first-order valence-electron chi connectivity index (χ1n) is 6.63. The average Bonchev–Trinajstić information content (AvgIpc) is 2.82. The third-order valence-corrected chi connectivity index (χ3v) is 3.43. The van der Waals surface area contributed by atoms with Crippen LogP contribution in [0.25, 0.3) is 11.2 Å². The smallest absolute Gasteiger partial charge is 0.165 e. The number of aromatic nitrogens is 4. The number of hydrogen-bond acceptors (Lipinski definition) is 4. The maximum absolute atomic E-state index is 5.97. The number of rotatable bonds is 3. The minimum absolute atomic E-state index is 0.207. The van der Waals surface area contributed by atoms with Crippen molar-refractivity contribution in [2.24, 2.45) is 7.05 Å². The van der Waals surface area contributed by atoms with Crippen molar-refractivity contribution in [3.63, 3.8) is 0 Å². The van der Waals surface area contributed by atoms with Crippen molar-refractivity contribution in [1.82, 2.24) is 19.5 Å². The van der Waals surface area contributed by atoms with Gasteiger partial charge in [-0.3, -0.25) is 0 Å². The summed E-state index contributed by atoms with van der Waals surface area (Å²) in [6.07, 6.45) is 2.60. The number of hydrogen-bond donors (Lipinski definition) is 1. The van der Waals surface area contributed by atoms with Crippen LogP contribution in [0.4, 0.5) is 5.82 Å². The van der Waals surface area contributed by atoms with E-state index in [-0.39, 0.29) is 5.92 Å². The van der Waals surface area contributed by atoms with Crippen LogP contribution >= 0.6 is 0 Å². The van der Waals surface area contributed by atoms with Crippen molar-refractivity contribution >= 4 is 17.0 Å². The number of aryl methyl sites for hydroxylation is 1. The number of nitrogens with zero attached hydrogens (tertiary/aromatic N) is 4. The third kappa shape index (κ3) is 2.22. The van der Waals surface area contributed by atoms with Crippen LogP contribution in [0.1, 0.15) is 24.2 Å². The number of imidazole rings is 1. The van der Waals surface area contributed by atoms with Crippen LogP contribution in [-0.2, 0) is 13.5 Å². The van der Waals surface area contributed by atoms with Crippen LogP contribution in [-0.4, -0.2) is 19.5 Å². The molecule has 1 atom stereocenters. The molecule has 0 saturated heterocycles. The molecule has 20 heavy (non-hydrogen) atoms. The Morgan fingerprint density at radius 3 is 2.70 bits per heavy atom. The van der Waals surface area contributed by atoms with Crippen LogP contribution in [0.3, 0.4) is 0 Å². The molecule has 5 heteroatoms. The Morgan fingerprint density at radius 1 is 1.20 bits per heavy atom. The molecule has 2 heterocycles. The third-order valence-electron chi connectivity index (χ3n) is 3.43. The fraction of sp³-hybridized carbons (Fsp3) is 0.267. The first-order chi connectivity index (χ1) is 9.65. The zero-order valence-corrected chi connectivity index (χ0v) is 11.6. The monoisotopic (exact) mass is 267 g/mol. The van der Waals surface area contributed by atoms with Crippen LogP contribution < -0.4 is 5.73 Å². The lowest BCUT2D eigenvalue weighted by Crippen LogP contribution is -2.08. The van der Waals surface area contributed by atoms with Gasteiger partial charge < -0.3 is 10.3 Å². The standard InChI is InChI=1S/C15H17N5/c1-10(8-11-6-4-3-5-7-11)14-18-13(16)12-15(19-14)20(2)9-17-12/h3-7,9-10H,8H2,1-2H3,(H2,16,18,19). The summed E-state index contributed by atoms with van der Waals surface area (Å²) < 4.78 is 1.87. The molecule has 0 fully saturated rings. The van der Waals surface area contributed by atoms with Gasteiger partial charge in [0.05, 0.1) is 6.33 Å². The summed E-state index contributed by atoms with van der Waals surface area (Å²) in [6.45, 7) is 2.12. The molecule has 0 radical (unpaired) electrons. The number of fused-ring (bicyclic) bond motifs is 1. The molecule has 1 aromatic carbocycles.